The van der Waals surface area contributed by atoms with Gasteiger partial charge < -0.3 is 20.2 Å². The fraction of sp³-hybridized carbons (Fsp3) is 0.500. The molecule has 0 spiro atoms. The summed E-state index contributed by atoms with van der Waals surface area (Å²) in [4.78, 5) is 21.8. The van der Waals surface area contributed by atoms with Crippen molar-refractivity contribution in [1.82, 2.24) is 10.6 Å². The van der Waals surface area contributed by atoms with E-state index in [-0.39, 0.29) is 17.6 Å². The van der Waals surface area contributed by atoms with Gasteiger partial charge in [0.25, 0.3) is 0 Å². The van der Waals surface area contributed by atoms with Crippen LogP contribution in [0.1, 0.15) is 30.2 Å². The minimum absolute atomic E-state index is 0.0166. The second-order valence-electron chi connectivity index (χ2n) is 4.19. The zero-order chi connectivity index (χ0) is 13.5. The van der Waals surface area contributed by atoms with Gasteiger partial charge in [-0.15, -0.1) is 0 Å². The van der Waals surface area contributed by atoms with Crippen LogP contribution < -0.4 is 10.6 Å². The number of carboxylic acids is 1. The number of amides is 1. The molecule has 1 heterocycles. The average molecular weight is 254 g/mol. The summed E-state index contributed by atoms with van der Waals surface area (Å²) in [6.07, 6.45) is 0. The number of aromatic carboxylic acids is 1. The SMILES string of the molecule is CC(C)C(=O)NCCNCc1ccc(C(=O)O)o1. The van der Waals surface area contributed by atoms with Crippen LogP contribution in [0.5, 0.6) is 0 Å². The van der Waals surface area contributed by atoms with Gasteiger partial charge in [-0.1, -0.05) is 13.8 Å². The van der Waals surface area contributed by atoms with Gasteiger partial charge >= 0.3 is 5.97 Å². The highest BCUT2D eigenvalue weighted by Crippen LogP contribution is 2.06. The largest absolute Gasteiger partial charge is 0.475 e. The van der Waals surface area contributed by atoms with Crippen LogP contribution in [0.4, 0.5) is 0 Å². The lowest BCUT2D eigenvalue weighted by Gasteiger charge is -2.07. The maximum Gasteiger partial charge on any atom is 0.371 e. The van der Waals surface area contributed by atoms with Crippen LogP contribution in [-0.4, -0.2) is 30.1 Å². The summed E-state index contributed by atoms with van der Waals surface area (Å²) in [6.45, 7) is 5.23. The van der Waals surface area contributed by atoms with Gasteiger partial charge in [0, 0.05) is 19.0 Å². The Morgan fingerprint density at radius 2 is 2.06 bits per heavy atom. The first-order valence-electron chi connectivity index (χ1n) is 5.81. The van der Waals surface area contributed by atoms with Crippen LogP contribution in [0.3, 0.4) is 0 Å². The first kappa shape index (κ1) is 14.2. The van der Waals surface area contributed by atoms with E-state index in [0.717, 1.165) is 0 Å². The second kappa shape index (κ2) is 6.80. The second-order valence-corrected chi connectivity index (χ2v) is 4.19. The number of hydrogen-bond acceptors (Lipinski definition) is 4. The van der Waals surface area contributed by atoms with Crippen molar-refractivity contribution in [2.75, 3.05) is 13.1 Å². The predicted molar refractivity (Wildman–Crippen MR) is 65.2 cm³/mol. The molecule has 1 aromatic heterocycles. The normalized spacial score (nSPS) is 10.6. The molecule has 1 rings (SSSR count). The smallest absolute Gasteiger partial charge is 0.371 e. The quantitative estimate of drug-likeness (QED) is 0.627. The lowest BCUT2D eigenvalue weighted by molar-refractivity contribution is -0.123. The molecule has 1 aromatic rings. The summed E-state index contributed by atoms with van der Waals surface area (Å²) in [5.74, 6) is -0.593. The van der Waals surface area contributed by atoms with E-state index in [4.69, 9.17) is 9.52 Å². The van der Waals surface area contributed by atoms with Gasteiger partial charge in [0.15, 0.2) is 0 Å². The summed E-state index contributed by atoms with van der Waals surface area (Å²) in [5.41, 5.74) is 0. The van der Waals surface area contributed by atoms with E-state index in [9.17, 15) is 9.59 Å². The van der Waals surface area contributed by atoms with Crippen LogP contribution in [0, 0.1) is 5.92 Å². The third-order valence-electron chi connectivity index (χ3n) is 2.30. The highest BCUT2D eigenvalue weighted by atomic mass is 16.4. The van der Waals surface area contributed by atoms with Crippen LogP contribution in [0.2, 0.25) is 0 Å². The van der Waals surface area contributed by atoms with Gasteiger partial charge in [0.2, 0.25) is 11.7 Å². The number of furan rings is 1. The number of carboxylic acid groups (broad SMARTS) is 1. The minimum Gasteiger partial charge on any atom is -0.475 e. The van der Waals surface area contributed by atoms with Crippen LogP contribution in [0.25, 0.3) is 0 Å². The molecule has 1 amide bonds. The van der Waals surface area contributed by atoms with E-state index < -0.39 is 5.97 Å². The Hall–Kier alpha value is -1.82. The molecule has 0 fully saturated rings. The zero-order valence-electron chi connectivity index (χ0n) is 10.5. The van der Waals surface area contributed by atoms with Crippen molar-refractivity contribution < 1.29 is 19.1 Å². The van der Waals surface area contributed by atoms with Crippen molar-refractivity contribution in [2.45, 2.75) is 20.4 Å². The molecule has 0 aromatic carbocycles. The fourth-order valence-corrected chi connectivity index (χ4v) is 1.28. The van der Waals surface area contributed by atoms with Gasteiger partial charge in [-0.05, 0) is 12.1 Å². The minimum atomic E-state index is -1.08. The molecular weight excluding hydrogens is 236 g/mol. The van der Waals surface area contributed by atoms with Gasteiger partial charge in [0.05, 0.1) is 6.54 Å². The maximum atomic E-state index is 11.2. The highest BCUT2D eigenvalue weighted by molar-refractivity contribution is 5.84. The molecule has 0 atom stereocenters. The van der Waals surface area contributed by atoms with E-state index in [2.05, 4.69) is 10.6 Å². The molecule has 100 valence electrons. The predicted octanol–water partition coefficient (Wildman–Crippen LogP) is 0.840. The standard InChI is InChI=1S/C12H18N2O4/c1-8(2)11(15)14-6-5-13-7-9-3-4-10(18-9)12(16)17/h3-4,8,13H,5-7H2,1-2H3,(H,14,15)(H,16,17). The average Bonchev–Trinajstić information content (AvgIpc) is 2.77. The van der Waals surface area contributed by atoms with Crippen LogP contribution in [0.15, 0.2) is 16.5 Å². The third-order valence-corrected chi connectivity index (χ3v) is 2.30. The molecule has 0 aliphatic rings. The molecule has 6 nitrogen and oxygen atoms in total. The number of rotatable bonds is 7. The Morgan fingerprint density at radius 3 is 2.61 bits per heavy atom. The molecular formula is C12H18N2O4. The number of nitrogens with one attached hydrogen (secondary N) is 2. The first-order chi connectivity index (χ1) is 8.50. The van der Waals surface area contributed by atoms with E-state index in [0.29, 0.717) is 25.4 Å². The monoisotopic (exact) mass is 254 g/mol. The van der Waals surface area contributed by atoms with Crippen LogP contribution in [-0.2, 0) is 11.3 Å². The highest BCUT2D eigenvalue weighted by Gasteiger charge is 2.08. The maximum absolute atomic E-state index is 11.2. The molecule has 0 unspecified atom stereocenters. The van der Waals surface area contributed by atoms with E-state index in [1.165, 1.54) is 6.07 Å². The number of carbonyl (C=O) groups is 2. The Kier molecular flexibility index (Phi) is 5.38. The van der Waals surface area contributed by atoms with Gasteiger partial charge in [-0.3, -0.25) is 4.79 Å². The summed E-state index contributed by atoms with van der Waals surface area (Å²) >= 11 is 0. The van der Waals surface area contributed by atoms with Crippen molar-refractivity contribution in [2.24, 2.45) is 5.92 Å². The van der Waals surface area contributed by atoms with Crippen molar-refractivity contribution in [3.63, 3.8) is 0 Å². The molecule has 0 aliphatic heterocycles. The molecule has 0 aliphatic carbocycles. The molecule has 18 heavy (non-hydrogen) atoms. The Balaban J connectivity index is 2.18. The van der Waals surface area contributed by atoms with Gasteiger partial charge in [-0.25, -0.2) is 4.79 Å². The first-order valence-corrected chi connectivity index (χ1v) is 5.81. The van der Waals surface area contributed by atoms with E-state index in [1.807, 2.05) is 13.8 Å². The number of carbonyl (C=O) groups excluding carboxylic acids is 1. The Labute approximate surface area is 105 Å². The van der Waals surface area contributed by atoms with Crippen LogP contribution >= 0.6 is 0 Å². The molecule has 0 saturated heterocycles. The summed E-state index contributed by atoms with van der Waals surface area (Å²) < 4.78 is 5.06. The van der Waals surface area contributed by atoms with Gasteiger partial charge in [-0.2, -0.15) is 0 Å². The lowest BCUT2D eigenvalue weighted by Crippen LogP contribution is -2.34. The van der Waals surface area contributed by atoms with Crippen molar-refractivity contribution in [1.29, 1.82) is 0 Å². The van der Waals surface area contributed by atoms with Crippen molar-refractivity contribution >= 4 is 11.9 Å². The summed E-state index contributed by atoms with van der Waals surface area (Å²) in [7, 11) is 0. The molecule has 6 heteroatoms. The zero-order valence-corrected chi connectivity index (χ0v) is 10.5. The fourth-order valence-electron chi connectivity index (χ4n) is 1.28. The molecule has 3 N–H and O–H groups in total. The summed E-state index contributed by atoms with van der Waals surface area (Å²) in [6, 6.07) is 3.03. The van der Waals surface area contributed by atoms with E-state index in [1.54, 1.807) is 6.07 Å². The third kappa shape index (κ3) is 4.58. The molecule has 0 saturated carbocycles. The lowest BCUT2D eigenvalue weighted by atomic mass is 10.2. The summed E-state index contributed by atoms with van der Waals surface area (Å²) in [5, 5.41) is 14.5. The molecule has 0 bridgehead atoms. The van der Waals surface area contributed by atoms with Gasteiger partial charge in [0.1, 0.15) is 5.76 Å². The van der Waals surface area contributed by atoms with Crippen molar-refractivity contribution in [3.05, 3.63) is 23.7 Å². The van der Waals surface area contributed by atoms with E-state index >= 15 is 0 Å². The topological polar surface area (TPSA) is 91.6 Å². The Bertz CT molecular complexity index is 412. The Morgan fingerprint density at radius 1 is 1.33 bits per heavy atom. The van der Waals surface area contributed by atoms with Crippen molar-refractivity contribution in [3.8, 4) is 0 Å². The number of hydrogen-bond donors (Lipinski definition) is 3. The molecule has 0 radical (unpaired) electrons.